The Morgan fingerprint density at radius 1 is 1.07 bits per heavy atom. The van der Waals surface area contributed by atoms with Crippen molar-refractivity contribution in [2.45, 2.75) is 24.4 Å². The summed E-state index contributed by atoms with van der Waals surface area (Å²) in [6.07, 6.45) is 0. The third kappa shape index (κ3) is 3.94. The molecular weight excluding hydrogens is 408 g/mol. The molecule has 0 bridgehead atoms. The van der Waals surface area contributed by atoms with Crippen molar-refractivity contribution >= 4 is 39.7 Å². The molecule has 142 valence electrons. The third-order valence-corrected chi connectivity index (χ3v) is 6.68. The minimum absolute atomic E-state index is 0.745. The Morgan fingerprint density at radius 3 is 2.54 bits per heavy atom. The van der Waals surface area contributed by atoms with E-state index in [1.165, 1.54) is 5.56 Å². The summed E-state index contributed by atoms with van der Waals surface area (Å²) < 4.78 is 2.12. The van der Waals surface area contributed by atoms with Crippen LogP contribution in [-0.2, 0) is 12.3 Å². The number of nitrogens with zero attached hydrogens (tertiary/aromatic N) is 3. The van der Waals surface area contributed by atoms with Crippen molar-refractivity contribution < 1.29 is 0 Å². The van der Waals surface area contributed by atoms with E-state index in [-0.39, 0.29) is 0 Å². The van der Waals surface area contributed by atoms with Crippen LogP contribution in [-0.4, -0.2) is 14.8 Å². The molecule has 0 radical (unpaired) electrons. The summed E-state index contributed by atoms with van der Waals surface area (Å²) in [6.45, 7) is 2.88. The van der Waals surface area contributed by atoms with Gasteiger partial charge in [-0.1, -0.05) is 65.8 Å². The van der Waals surface area contributed by atoms with Crippen LogP contribution in [0.4, 0.5) is 5.00 Å². The van der Waals surface area contributed by atoms with Crippen LogP contribution in [0.15, 0.2) is 65.8 Å². The number of aromatic nitrogens is 3. The molecule has 2 heterocycles. The number of thiophene rings is 1. The highest BCUT2D eigenvalue weighted by atomic mass is 35.5. The summed E-state index contributed by atoms with van der Waals surface area (Å²) in [5, 5.41) is 11.3. The van der Waals surface area contributed by atoms with Gasteiger partial charge in [0.1, 0.15) is 0 Å². The standard InChI is InChI=1S/C21H19ClN4S2/c1-2-26-20(17-12-18(28-19(17)23)15-6-4-3-5-7-15)24-25-21(26)27-13-14-8-10-16(22)11-9-14/h3-12H,2,13,23H2,1H3. The fourth-order valence-corrected chi connectivity index (χ4v) is 4.94. The highest BCUT2D eigenvalue weighted by molar-refractivity contribution is 7.98. The second-order valence-electron chi connectivity index (χ2n) is 6.22. The molecule has 0 atom stereocenters. The fourth-order valence-electron chi connectivity index (χ4n) is 2.93. The highest BCUT2D eigenvalue weighted by Gasteiger charge is 2.18. The van der Waals surface area contributed by atoms with Crippen LogP contribution in [0, 0.1) is 0 Å². The molecule has 4 aromatic rings. The lowest BCUT2D eigenvalue weighted by Gasteiger charge is -2.07. The molecule has 2 N–H and O–H groups in total. The topological polar surface area (TPSA) is 56.7 Å². The van der Waals surface area contributed by atoms with Crippen molar-refractivity contribution in [2.24, 2.45) is 0 Å². The molecule has 0 aliphatic heterocycles. The van der Waals surface area contributed by atoms with Gasteiger partial charge in [-0.15, -0.1) is 21.5 Å². The summed E-state index contributed by atoms with van der Waals surface area (Å²) in [4.78, 5) is 1.13. The largest absolute Gasteiger partial charge is 0.390 e. The number of nitrogens with two attached hydrogens (primary N) is 1. The van der Waals surface area contributed by atoms with E-state index in [9.17, 15) is 0 Å². The maximum absolute atomic E-state index is 6.34. The Bertz CT molecular complexity index is 1070. The van der Waals surface area contributed by atoms with Gasteiger partial charge in [0.2, 0.25) is 0 Å². The van der Waals surface area contributed by atoms with Gasteiger partial charge in [0.25, 0.3) is 0 Å². The quantitative estimate of drug-likeness (QED) is 0.372. The van der Waals surface area contributed by atoms with Crippen molar-refractivity contribution in [2.75, 3.05) is 5.73 Å². The molecule has 0 saturated carbocycles. The van der Waals surface area contributed by atoms with Gasteiger partial charge in [0.15, 0.2) is 11.0 Å². The average molecular weight is 427 g/mol. The summed E-state index contributed by atoms with van der Waals surface area (Å²) in [5.74, 6) is 1.63. The number of hydrogen-bond acceptors (Lipinski definition) is 5. The fraction of sp³-hybridized carbons (Fsp3) is 0.143. The van der Waals surface area contributed by atoms with E-state index in [1.807, 2.05) is 42.5 Å². The van der Waals surface area contributed by atoms with E-state index < -0.39 is 0 Å². The molecule has 28 heavy (non-hydrogen) atoms. The summed E-state index contributed by atoms with van der Waals surface area (Å²) >= 11 is 9.21. The van der Waals surface area contributed by atoms with Gasteiger partial charge in [0, 0.05) is 22.2 Å². The lowest BCUT2D eigenvalue weighted by molar-refractivity contribution is 0.687. The molecule has 0 aliphatic carbocycles. The highest BCUT2D eigenvalue weighted by Crippen LogP contribution is 2.39. The minimum atomic E-state index is 0.745. The average Bonchev–Trinajstić information content (AvgIpc) is 3.31. The smallest absolute Gasteiger partial charge is 0.191 e. The first-order valence-electron chi connectivity index (χ1n) is 8.91. The van der Waals surface area contributed by atoms with Crippen LogP contribution in [0.3, 0.4) is 0 Å². The molecular formula is C21H19ClN4S2. The van der Waals surface area contributed by atoms with Gasteiger partial charge in [0.05, 0.1) is 10.6 Å². The Morgan fingerprint density at radius 2 is 1.82 bits per heavy atom. The first-order chi connectivity index (χ1) is 13.7. The van der Waals surface area contributed by atoms with Crippen LogP contribution >= 0.6 is 34.7 Å². The number of thioether (sulfide) groups is 1. The molecule has 0 saturated heterocycles. The predicted octanol–water partition coefficient (Wildman–Crippen LogP) is 6.22. The van der Waals surface area contributed by atoms with Crippen LogP contribution < -0.4 is 5.73 Å². The summed E-state index contributed by atoms with van der Waals surface area (Å²) in [6, 6.07) is 20.3. The van der Waals surface area contributed by atoms with Crippen LogP contribution in [0.5, 0.6) is 0 Å². The van der Waals surface area contributed by atoms with Gasteiger partial charge < -0.3 is 10.3 Å². The molecule has 2 aromatic heterocycles. The van der Waals surface area contributed by atoms with Gasteiger partial charge in [-0.05, 0) is 36.2 Å². The van der Waals surface area contributed by atoms with Gasteiger partial charge in [-0.3, -0.25) is 0 Å². The molecule has 0 aliphatic rings. The van der Waals surface area contributed by atoms with E-state index in [0.717, 1.165) is 49.3 Å². The Labute approximate surface area is 177 Å². The number of nitrogen functional groups attached to an aromatic ring is 1. The van der Waals surface area contributed by atoms with Crippen molar-refractivity contribution in [3.8, 4) is 21.8 Å². The Balaban J connectivity index is 1.61. The molecule has 4 rings (SSSR count). The van der Waals surface area contributed by atoms with Crippen LogP contribution in [0.25, 0.3) is 21.8 Å². The van der Waals surface area contributed by atoms with E-state index in [2.05, 4.69) is 39.9 Å². The number of rotatable bonds is 6. The van der Waals surface area contributed by atoms with E-state index in [4.69, 9.17) is 17.3 Å². The summed E-state index contributed by atoms with van der Waals surface area (Å²) in [5.41, 5.74) is 9.64. The van der Waals surface area contributed by atoms with E-state index in [1.54, 1.807) is 23.1 Å². The molecule has 4 nitrogen and oxygen atoms in total. The number of hydrogen-bond donors (Lipinski definition) is 1. The monoisotopic (exact) mass is 426 g/mol. The molecule has 0 unspecified atom stereocenters. The molecule has 2 aromatic carbocycles. The van der Waals surface area contributed by atoms with Crippen molar-refractivity contribution in [3.05, 3.63) is 71.2 Å². The first-order valence-corrected chi connectivity index (χ1v) is 11.1. The second kappa shape index (κ2) is 8.39. The van der Waals surface area contributed by atoms with Crippen LogP contribution in [0.2, 0.25) is 5.02 Å². The Hall–Kier alpha value is -2.28. The van der Waals surface area contributed by atoms with Gasteiger partial charge >= 0.3 is 0 Å². The lowest BCUT2D eigenvalue weighted by Crippen LogP contribution is -2.00. The maximum atomic E-state index is 6.34. The number of benzene rings is 2. The maximum Gasteiger partial charge on any atom is 0.191 e. The Kier molecular flexibility index (Phi) is 5.71. The SMILES string of the molecule is CCn1c(SCc2ccc(Cl)cc2)nnc1-c1cc(-c2ccccc2)sc1N. The van der Waals surface area contributed by atoms with Gasteiger partial charge in [-0.25, -0.2) is 0 Å². The van der Waals surface area contributed by atoms with Crippen LogP contribution in [0.1, 0.15) is 12.5 Å². The van der Waals surface area contributed by atoms with E-state index in [0.29, 0.717) is 0 Å². The van der Waals surface area contributed by atoms with Gasteiger partial charge in [-0.2, -0.15) is 0 Å². The zero-order chi connectivity index (χ0) is 19.5. The third-order valence-electron chi connectivity index (χ3n) is 4.37. The van der Waals surface area contributed by atoms with Crippen molar-refractivity contribution in [3.63, 3.8) is 0 Å². The molecule has 0 spiro atoms. The summed E-state index contributed by atoms with van der Waals surface area (Å²) in [7, 11) is 0. The first kappa shape index (κ1) is 19.1. The lowest BCUT2D eigenvalue weighted by atomic mass is 10.1. The molecule has 7 heteroatoms. The zero-order valence-electron chi connectivity index (χ0n) is 15.3. The van der Waals surface area contributed by atoms with Crippen molar-refractivity contribution in [1.29, 1.82) is 0 Å². The predicted molar refractivity (Wildman–Crippen MR) is 120 cm³/mol. The zero-order valence-corrected chi connectivity index (χ0v) is 17.7. The normalized spacial score (nSPS) is 11.1. The van der Waals surface area contributed by atoms with E-state index >= 15 is 0 Å². The second-order valence-corrected chi connectivity index (χ2v) is 8.68. The van der Waals surface area contributed by atoms with Crippen molar-refractivity contribution in [1.82, 2.24) is 14.8 Å². The number of halogens is 1. The minimum Gasteiger partial charge on any atom is -0.390 e. The molecule has 0 amide bonds. The number of anilines is 1. The molecule has 0 fully saturated rings.